The van der Waals surface area contributed by atoms with Crippen molar-refractivity contribution >= 4 is 10.9 Å². The summed E-state index contributed by atoms with van der Waals surface area (Å²) < 4.78 is 0. The minimum atomic E-state index is 0.0599. The number of H-pyrrole nitrogens is 2. The van der Waals surface area contributed by atoms with Crippen molar-refractivity contribution in [2.75, 3.05) is 0 Å². The third kappa shape index (κ3) is 2.53. The quantitative estimate of drug-likeness (QED) is 0.357. The average Bonchev–Trinajstić information content (AvgIpc) is 3.48. The van der Waals surface area contributed by atoms with E-state index in [0.717, 1.165) is 41.6 Å². The molecule has 166 valence electrons. The van der Waals surface area contributed by atoms with Gasteiger partial charge in [0.15, 0.2) is 0 Å². The van der Waals surface area contributed by atoms with Gasteiger partial charge in [0.25, 0.3) is 0 Å². The van der Waals surface area contributed by atoms with Crippen molar-refractivity contribution < 1.29 is 0 Å². The number of benzene rings is 2. The molecule has 4 bridgehead atoms. The molecule has 2 aromatic carbocycles. The van der Waals surface area contributed by atoms with Gasteiger partial charge in [0, 0.05) is 16.6 Å². The van der Waals surface area contributed by atoms with E-state index in [-0.39, 0.29) is 11.6 Å². The second-order valence-corrected chi connectivity index (χ2v) is 11.1. The summed E-state index contributed by atoms with van der Waals surface area (Å²) in [6.07, 6.45) is 10.0. The Balaban J connectivity index is 1.28. The molecule has 0 amide bonds. The molecule has 4 aromatic rings. The lowest BCUT2D eigenvalue weighted by molar-refractivity contribution is -0.0890. The van der Waals surface area contributed by atoms with Crippen molar-refractivity contribution in [1.29, 1.82) is 0 Å². The zero-order chi connectivity index (χ0) is 21.6. The van der Waals surface area contributed by atoms with Crippen LogP contribution in [0.3, 0.4) is 0 Å². The molecule has 0 saturated heterocycles. The van der Waals surface area contributed by atoms with Gasteiger partial charge in [-0.05, 0) is 79.4 Å². The average molecular weight is 435 g/mol. The van der Waals surface area contributed by atoms with Crippen molar-refractivity contribution in [3.63, 3.8) is 0 Å². The van der Waals surface area contributed by atoms with E-state index < -0.39 is 0 Å². The zero-order valence-corrected chi connectivity index (χ0v) is 18.9. The van der Waals surface area contributed by atoms with E-state index in [4.69, 9.17) is 4.98 Å². The Bertz CT molecular complexity index is 1320. The van der Waals surface area contributed by atoms with E-state index >= 15 is 0 Å². The summed E-state index contributed by atoms with van der Waals surface area (Å²) in [6.45, 7) is 0. The lowest BCUT2D eigenvalue weighted by Crippen LogP contribution is -2.65. The molecule has 4 heteroatoms. The molecule has 3 heterocycles. The summed E-state index contributed by atoms with van der Waals surface area (Å²) >= 11 is 0. The van der Waals surface area contributed by atoms with Crippen LogP contribution in [0.5, 0.6) is 0 Å². The van der Waals surface area contributed by atoms with Crippen molar-refractivity contribution in [3.05, 3.63) is 77.9 Å². The second kappa shape index (κ2) is 6.60. The van der Waals surface area contributed by atoms with Gasteiger partial charge in [0.05, 0.1) is 23.5 Å². The van der Waals surface area contributed by atoms with Crippen molar-refractivity contribution in [3.8, 4) is 11.3 Å². The predicted molar refractivity (Wildman–Crippen MR) is 131 cm³/mol. The van der Waals surface area contributed by atoms with Crippen molar-refractivity contribution in [1.82, 2.24) is 20.3 Å². The first-order valence-electron chi connectivity index (χ1n) is 12.8. The molecule has 0 radical (unpaired) electrons. The number of imidazole rings is 1. The zero-order valence-electron chi connectivity index (χ0n) is 18.9. The highest BCUT2D eigenvalue weighted by molar-refractivity contribution is 5.85. The largest absolute Gasteiger partial charge is 0.357 e. The molecular formula is C29H30N4. The van der Waals surface area contributed by atoms with Gasteiger partial charge in [0.1, 0.15) is 5.82 Å². The highest BCUT2D eigenvalue weighted by atomic mass is 15.1. The summed E-state index contributed by atoms with van der Waals surface area (Å²) in [4.78, 5) is 12.6. The number of nitrogens with one attached hydrogen (secondary N) is 3. The Morgan fingerprint density at radius 3 is 2.30 bits per heavy atom. The molecule has 3 N–H and O–H groups in total. The Morgan fingerprint density at radius 2 is 1.52 bits per heavy atom. The molecule has 1 spiro atoms. The lowest BCUT2D eigenvalue weighted by Gasteiger charge is -2.63. The Hall–Kier alpha value is -2.85. The van der Waals surface area contributed by atoms with E-state index in [1.165, 1.54) is 59.8 Å². The molecule has 4 aliphatic carbocycles. The number of para-hydroxylation sites is 1. The summed E-state index contributed by atoms with van der Waals surface area (Å²) in [5, 5.41) is 5.69. The molecule has 4 fully saturated rings. The minimum Gasteiger partial charge on any atom is -0.357 e. The van der Waals surface area contributed by atoms with E-state index in [1.54, 1.807) is 0 Å². The van der Waals surface area contributed by atoms with Crippen LogP contribution < -0.4 is 5.32 Å². The van der Waals surface area contributed by atoms with Gasteiger partial charge in [-0.1, -0.05) is 48.5 Å². The number of hydrogen-bond donors (Lipinski definition) is 3. The molecule has 4 saturated carbocycles. The molecular weight excluding hydrogens is 404 g/mol. The number of aromatic amines is 2. The van der Waals surface area contributed by atoms with Crippen LogP contribution in [0.2, 0.25) is 0 Å². The SMILES string of the molecule is c1ccc(-c2cnc([C@H]3Cc4c([nH]c5ccccc45)C4(N3)C3CC5CC(C3)CC4C5)[nH]2)cc1. The number of nitrogens with zero attached hydrogens (tertiary/aromatic N) is 1. The molecule has 0 unspecified atom stereocenters. The van der Waals surface area contributed by atoms with Crippen LogP contribution >= 0.6 is 0 Å². The van der Waals surface area contributed by atoms with E-state index in [1.807, 2.05) is 6.20 Å². The molecule has 5 aliphatic rings. The first-order chi connectivity index (χ1) is 16.3. The molecule has 1 atom stereocenters. The smallest absolute Gasteiger partial charge is 0.124 e. The van der Waals surface area contributed by atoms with Crippen LogP contribution in [0, 0.1) is 23.7 Å². The van der Waals surface area contributed by atoms with E-state index in [9.17, 15) is 0 Å². The van der Waals surface area contributed by atoms with E-state index in [0.29, 0.717) is 0 Å². The topological polar surface area (TPSA) is 56.5 Å². The van der Waals surface area contributed by atoms with Crippen molar-refractivity contribution in [2.45, 2.75) is 50.1 Å². The fourth-order valence-corrected chi connectivity index (χ4v) is 8.40. The summed E-state index contributed by atoms with van der Waals surface area (Å²) in [5.74, 6) is 4.43. The monoisotopic (exact) mass is 434 g/mol. The molecule has 4 nitrogen and oxygen atoms in total. The third-order valence-corrected chi connectivity index (χ3v) is 9.48. The summed E-state index contributed by atoms with van der Waals surface area (Å²) in [7, 11) is 0. The van der Waals surface area contributed by atoms with Crippen LogP contribution in [0.15, 0.2) is 60.8 Å². The normalized spacial score (nSPS) is 34.2. The van der Waals surface area contributed by atoms with Gasteiger partial charge in [-0.2, -0.15) is 0 Å². The molecule has 9 rings (SSSR count). The minimum absolute atomic E-state index is 0.0599. The lowest BCUT2D eigenvalue weighted by atomic mass is 9.47. The number of aromatic nitrogens is 3. The maximum atomic E-state index is 4.92. The van der Waals surface area contributed by atoms with Gasteiger partial charge in [-0.3, -0.25) is 5.32 Å². The van der Waals surface area contributed by atoms with Crippen molar-refractivity contribution in [2.24, 2.45) is 23.7 Å². The van der Waals surface area contributed by atoms with Gasteiger partial charge in [-0.15, -0.1) is 0 Å². The third-order valence-electron chi connectivity index (χ3n) is 9.48. The number of rotatable bonds is 2. The van der Waals surface area contributed by atoms with Crippen LogP contribution in [0.1, 0.15) is 55.2 Å². The maximum absolute atomic E-state index is 4.92. The van der Waals surface area contributed by atoms with Gasteiger partial charge in [-0.25, -0.2) is 4.98 Å². The Morgan fingerprint density at radius 1 is 0.788 bits per heavy atom. The molecule has 33 heavy (non-hydrogen) atoms. The summed E-state index contributed by atoms with van der Waals surface area (Å²) in [5.41, 5.74) is 6.69. The fourth-order valence-electron chi connectivity index (χ4n) is 8.40. The van der Waals surface area contributed by atoms with Gasteiger partial charge in [0.2, 0.25) is 0 Å². The molecule has 2 aromatic heterocycles. The van der Waals surface area contributed by atoms with Crippen LogP contribution in [-0.2, 0) is 12.0 Å². The first kappa shape index (κ1) is 18.6. The van der Waals surface area contributed by atoms with Gasteiger partial charge >= 0.3 is 0 Å². The Kier molecular flexibility index (Phi) is 3.71. The maximum Gasteiger partial charge on any atom is 0.124 e. The highest BCUT2D eigenvalue weighted by Gasteiger charge is 2.61. The van der Waals surface area contributed by atoms with Crippen LogP contribution in [0.4, 0.5) is 0 Å². The standard InChI is InChI=1S/C29H30N4/c1-2-6-19(7-3-1)26-16-30-28(32-26)25-15-23-22-8-4-5-9-24(22)31-27(23)29(33-25)20-11-17-10-18(13-20)14-21(29)12-17/h1-9,16-18,20-21,25,31,33H,10-15H2,(H,30,32)/t17?,18?,20?,21?,25-,29?/m1/s1. The van der Waals surface area contributed by atoms with Gasteiger partial charge < -0.3 is 9.97 Å². The number of hydrogen-bond acceptors (Lipinski definition) is 2. The van der Waals surface area contributed by atoms with Crippen LogP contribution in [-0.4, -0.2) is 15.0 Å². The van der Waals surface area contributed by atoms with E-state index in [2.05, 4.69) is 69.9 Å². The van der Waals surface area contributed by atoms with Crippen LogP contribution in [0.25, 0.3) is 22.2 Å². The first-order valence-corrected chi connectivity index (χ1v) is 12.8. The highest BCUT2D eigenvalue weighted by Crippen LogP contribution is 2.63. The number of fused-ring (bicyclic) bond motifs is 3. The predicted octanol–water partition coefficient (Wildman–Crippen LogP) is 6.10. The fraction of sp³-hybridized carbons (Fsp3) is 0.414. The summed E-state index contributed by atoms with van der Waals surface area (Å²) in [6, 6.07) is 19.7. The molecule has 1 aliphatic heterocycles. The Labute approximate surface area is 194 Å². The second-order valence-electron chi connectivity index (χ2n) is 11.1.